The lowest BCUT2D eigenvalue weighted by molar-refractivity contribution is 0.340. The van der Waals surface area contributed by atoms with Crippen LogP contribution in [-0.4, -0.2) is 21.2 Å². The molecule has 0 saturated heterocycles. The van der Waals surface area contributed by atoms with Gasteiger partial charge in [0.1, 0.15) is 11.6 Å². The molecule has 0 N–H and O–H groups in total. The lowest BCUT2D eigenvalue weighted by Crippen LogP contribution is -2.23. The van der Waals surface area contributed by atoms with Crippen LogP contribution in [0.3, 0.4) is 0 Å². The average Bonchev–Trinajstić information content (AvgIpc) is 3.22. The quantitative estimate of drug-likeness (QED) is 0.521. The smallest absolute Gasteiger partial charge is 0.291 e. The SMILES string of the molecule is CCOc1ccc(C=c2sc3nc(C=Cc4ccc(F)cc4)nn3c2=O)cc1. The topological polar surface area (TPSA) is 56.5 Å². The summed E-state index contributed by atoms with van der Waals surface area (Å²) in [6.07, 6.45) is 5.28. The third kappa shape index (κ3) is 3.84. The van der Waals surface area contributed by atoms with Gasteiger partial charge in [-0.2, -0.15) is 9.50 Å². The van der Waals surface area contributed by atoms with Gasteiger partial charge in [-0.3, -0.25) is 4.79 Å². The second-order valence-electron chi connectivity index (χ2n) is 5.97. The molecule has 0 fully saturated rings. The first kappa shape index (κ1) is 18.1. The molecule has 0 atom stereocenters. The molecule has 4 aromatic rings. The number of halogens is 1. The van der Waals surface area contributed by atoms with Gasteiger partial charge < -0.3 is 4.74 Å². The first-order valence-electron chi connectivity index (χ1n) is 8.70. The van der Waals surface area contributed by atoms with Crippen LogP contribution < -0.4 is 14.8 Å². The maximum absolute atomic E-state index is 12.9. The summed E-state index contributed by atoms with van der Waals surface area (Å²) in [7, 11) is 0. The van der Waals surface area contributed by atoms with Crippen molar-refractivity contribution in [2.75, 3.05) is 6.61 Å². The predicted octanol–water partition coefficient (Wildman–Crippen LogP) is 3.41. The van der Waals surface area contributed by atoms with E-state index in [1.807, 2.05) is 37.3 Å². The summed E-state index contributed by atoms with van der Waals surface area (Å²) >= 11 is 1.28. The lowest BCUT2D eigenvalue weighted by Gasteiger charge is -2.01. The van der Waals surface area contributed by atoms with Crippen molar-refractivity contribution in [3.05, 3.63) is 86.2 Å². The van der Waals surface area contributed by atoms with Crippen molar-refractivity contribution in [3.63, 3.8) is 0 Å². The average molecular weight is 393 g/mol. The van der Waals surface area contributed by atoms with Crippen LogP contribution in [0.4, 0.5) is 4.39 Å². The second-order valence-corrected chi connectivity index (χ2v) is 6.98. The Morgan fingerprint density at radius 1 is 1.07 bits per heavy atom. The molecule has 2 heterocycles. The number of benzene rings is 2. The van der Waals surface area contributed by atoms with Gasteiger partial charge in [-0.15, -0.1) is 5.10 Å². The van der Waals surface area contributed by atoms with Gasteiger partial charge in [-0.05, 0) is 54.5 Å². The third-order valence-corrected chi connectivity index (χ3v) is 4.94. The van der Waals surface area contributed by atoms with E-state index in [1.54, 1.807) is 24.3 Å². The Morgan fingerprint density at radius 3 is 2.46 bits per heavy atom. The Labute approximate surface area is 164 Å². The summed E-state index contributed by atoms with van der Waals surface area (Å²) in [5.41, 5.74) is 1.52. The highest BCUT2D eigenvalue weighted by Gasteiger charge is 2.08. The molecule has 0 saturated carbocycles. The Hall–Kier alpha value is -3.32. The van der Waals surface area contributed by atoms with Crippen LogP contribution in [0.2, 0.25) is 0 Å². The van der Waals surface area contributed by atoms with E-state index in [2.05, 4.69) is 10.1 Å². The molecule has 2 aromatic heterocycles. The standard InChI is InChI=1S/C21H16FN3O2S/c1-2-27-17-10-5-15(6-11-17)13-18-20(26)25-21(28-18)23-19(24-25)12-7-14-3-8-16(22)9-4-14/h3-13H,2H2,1H3. The number of hydrogen-bond acceptors (Lipinski definition) is 5. The van der Waals surface area contributed by atoms with Gasteiger partial charge in [-0.25, -0.2) is 4.39 Å². The normalized spacial score (nSPS) is 12.3. The van der Waals surface area contributed by atoms with Crippen LogP contribution in [0.1, 0.15) is 23.9 Å². The molecule has 0 spiro atoms. The van der Waals surface area contributed by atoms with Crippen LogP contribution in [0.15, 0.2) is 53.3 Å². The van der Waals surface area contributed by atoms with E-state index in [4.69, 9.17) is 4.74 Å². The zero-order valence-corrected chi connectivity index (χ0v) is 15.8. The fourth-order valence-corrected chi connectivity index (χ4v) is 3.56. The molecule has 0 aliphatic carbocycles. The van der Waals surface area contributed by atoms with E-state index >= 15 is 0 Å². The number of fused-ring (bicyclic) bond motifs is 1. The number of aromatic nitrogens is 3. The summed E-state index contributed by atoms with van der Waals surface area (Å²) in [4.78, 5) is 17.5. The Bertz CT molecular complexity index is 1240. The Morgan fingerprint density at radius 2 is 1.79 bits per heavy atom. The molecule has 4 rings (SSSR count). The summed E-state index contributed by atoms with van der Waals surface area (Å²) in [6, 6.07) is 13.6. The molecule has 28 heavy (non-hydrogen) atoms. The summed E-state index contributed by atoms with van der Waals surface area (Å²) in [5.74, 6) is 0.938. The Balaban J connectivity index is 1.60. The van der Waals surface area contributed by atoms with Crippen LogP contribution >= 0.6 is 11.3 Å². The van der Waals surface area contributed by atoms with Crippen molar-refractivity contribution in [3.8, 4) is 5.75 Å². The van der Waals surface area contributed by atoms with Gasteiger partial charge in [0.2, 0.25) is 4.96 Å². The largest absolute Gasteiger partial charge is 0.494 e. The first-order chi connectivity index (χ1) is 13.6. The summed E-state index contributed by atoms with van der Waals surface area (Å²) in [6.45, 7) is 2.54. The number of ether oxygens (including phenoxy) is 1. The molecule has 140 valence electrons. The summed E-state index contributed by atoms with van der Waals surface area (Å²) < 4.78 is 20.2. The van der Waals surface area contributed by atoms with Crippen LogP contribution in [0, 0.1) is 5.82 Å². The van der Waals surface area contributed by atoms with Gasteiger partial charge in [-0.1, -0.05) is 41.7 Å². The minimum atomic E-state index is -0.287. The molecule has 0 aliphatic rings. The van der Waals surface area contributed by atoms with Gasteiger partial charge in [0.15, 0.2) is 5.82 Å². The lowest BCUT2D eigenvalue weighted by atomic mass is 10.2. The zero-order valence-electron chi connectivity index (χ0n) is 15.0. The first-order valence-corrected chi connectivity index (χ1v) is 9.52. The monoisotopic (exact) mass is 393 g/mol. The van der Waals surface area contributed by atoms with Gasteiger partial charge in [0.25, 0.3) is 5.56 Å². The number of hydrogen-bond donors (Lipinski definition) is 0. The van der Waals surface area contributed by atoms with E-state index < -0.39 is 0 Å². The molecule has 0 bridgehead atoms. The fraction of sp³-hybridized carbons (Fsp3) is 0.0952. The highest BCUT2D eigenvalue weighted by Crippen LogP contribution is 2.13. The van der Waals surface area contributed by atoms with Crippen LogP contribution in [0.25, 0.3) is 23.2 Å². The van der Waals surface area contributed by atoms with Crippen molar-refractivity contribution in [1.82, 2.24) is 14.6 Å². The number of thiazole rings is 1. The minimum absolute atomic E-state index is 0.206. The maximum atomic E-state index is 12.9. The van der Waals surface area contributed by atoms with Gasteiger partial charge in [0.05, 0.1) is 11.1 Å². The maximum Gasteiger partial charge on any atom is 0.291 e. The van der Waals surface area contributed by atoms with Gasteiger partial charge in [0, 0.05) is 0 Å². The molecular weight excluding hydrogens is 377 g/mol. The highest BCUT2D eigenvalue weighted by atomic mass is 32.1. The zero-order chi connectivity index (χ0) is 19.5. The van der Waals surface area contributed by atoms with Gasteiger partial charge >= 0.3 is 0 Å². The molecule has 2 aromatic carbocycles. The van der Waals surface area contributed by atoms with Crippen molar-refractivity contribution >= 4 is 34.5 Å². The van der Waals surface area contributed by atoms with Crippen molar-refractivity contribution in [2.24, 2.45) is 0 Å². The molecule has 0 radical (unpaired) electrons. The molecule has 5 nitrogen and oxygen atoms in total. The molecule has 7 heteroatoms. The van der Waals surface area contributed by atoms with Crippen LogP contribution in [-0.2, 0) is 0 Å². The van der Waals surface area contributed by atoms with E-state index in [0.29, 0.717) is 21.9 Å². The van der Waals surface area contributed by atoms with E-state index in [-0.39, 0.29) is 11.4 Å². The molecule has 0 aliphatic heterocycles. The van der Waals surface area contributed by atoms with Crippen molar-refractivity contribution in [2.45, 2.75) is 6.92 Å². The van der Waals surface area contributed by atoms with Crippen LogP contribution in [0.5, 0.6) is 5.75 Å². The summed E-state index contributed by atoms with van der Waals surface area (Å²) in [5, 5.41) is 4.25. The molecular formula is C21H16FN3O2S. The Kier molecular flexibility index (Phi) is 4.99. The third-order valence-electron chi connectivity index (χ3n) is 3.98. The van der Waals surface area contributed by atoms with Crippen molar-refractivity contribution in [1.29, 1.82) is 0 Å². The predicted molar refractivity (Wildman–Crippen MR) is 109 cm³/mol. The highest BCUT2D eigenvalue weighted by molar-refractivity contribution is 7.15. The number of rotatable bonds is 5. The van der Waals surface area contributed by atoms with E-state index in [1.165, 1.54) is 28.0 Å². The van der Waals surface area contributed by atoms with Crippen molar-refractivity contribution < 1.29 is 9.13 Å². The second kappa shape index (κ2) is 7.74. The fourth-order valence-electron chi connectivity index (χ4n) is 2.64. The van der Waals surface area contributed by atoms with E-state index in [0.717, 1.165) is 16.9 Å². The number of nitrogens with zero attached hydrogens (tertiary/aromatic N) is 3. The minimum Gasteiger partial charge on any atom is -0.494 e. The molecule has 0 unspecified atom stereocenters. The molecule has 0 amide bonds. The van der Waals surface area contributed by atoms with E-state index in [9.17, 15) is 9.18 Å².